The first-order valence-corrected chi connectivity index (χ1v) is 16.3. The molecule has 0 aliphatic heterocycles. The lowest BCUT2D eigenvalue weighted by Gasteiger charge is -2.25. The fourth-order valence-corrected chi connectivity index (χ4v) is 4.98. The molecule has 45 heavy (non-hydrogen) atoms. The zero-order valence-electron chi connectivity index (χ0n) is 27.6. The summed E-state index contributed by atoms with van der Waals surface area (Å²) in [7, 11) is 1.50. The smallest absolute Gasteiger partial charge is 0.336 e. The van der Waals surface area contributed by atoms with Gasteiger partial charge >= 0.3 is 5.63 Å². The molecule has 250 valence electrons. The minimum absolute atomic E-state index is 0.0785. The van der Waals surface area contributed by atoms with E-state index >= 15 is 0 Å². The number of fused-ring (bicyclic) bond motifs is 1. The molecule has 0 fully saturated rings. The summed E-state index contributed by atoms with van der Waals surface area (Å²) < 4.78 is 10.5. The van der Waals surface area contributed by atoms with E-state index in [2.05, 4.69) is 35.1 Å². The van der Waals surface area contributed by atoms with Crippen LogP contribution in [0.15, 0.2) is 33.5 Å². The van der Waals surface area contributed by atoms with Crippen molar-refractivity contribution in [2.24, 2.45) is 5.92 Å². The zero-order valence-corrected chi connectivity index (χ0v) is 27.6. The SMILES string of the molecule is CCCCCCNC(=O)CC[C@H](NC(=O)[C@@H](NC(=O)Cc1cc(=O)oc2cc(OC)ccc12)C(C)C)C(=O)NCCCCCC. The number of carbonyl (C=O) groups is 4. The monoisotopic (exact) mass is 628 g/mol. The second-order valence-corrected chi connectivity index (χ2v) is 11.8. The van der Waals surface area contributed by atoms with Crippen molar-refractivity contribution >= 4 is 34.6 Å². The maximum atomic E-state index is 13.5. The number of carbonyl (C=O) groups excluding carboxylic acids is 4. The first-order valence-electron chi connectivity index (χ1n) is 16.3. The van der Waals surface area contributed by atoms with Gasteiger partial charge in [-0.2, -0.15) is 0 Å². The molecule has 0 unspecified atom stereocenters. The van der Waals surface area contributed by atoms with Gasteiger partial charge in [-0.25, -0.2) is 4.79 Å². The molecule has 0 aliphatic rings. The van der Waals surface area contributed by atoms with Crippen LogP contribution in [0.2, 0.25) is 0 Å². The number of methoxy groups -OCH3 is 1. The Morgan fingerprint density at radius 1 is 0.822 bits per heavy atom. The number of hydrogen-bond donors (Lipinski definition) is 4. The number of benzene rings is 1. The van der Waals surface area contributed by atoms with Crippen LogP contribution in [0.1, 0.15) is 97.5 Å². The lowest BCUT2D eigenvalue weighted by molar-refractivity contribution is -0.133. The van der Waals surface area contributed by atoms with Gasteiger partial charge in [0.1, 0.15) is 23.4 Å². The molecule has 4 N–H and O–H groups in total. The van der Waals surface area contributed by atoms with Crippen molar-refractivity contribution < 1.29 is 28.3 Å². The van der Waals surface area contributed by atoms with Gasteiger partial charge in [0, 0.05) is 37.0 Å². The average molecular weight is 629 g/mol. The third kappa shape index (κ3) is 13.3. The Labute approximate surface area is 266 Å². The fourth-order valence-electron chi connectivity index (χ4n) is 4.98. The highest BCUT2D eigenvalue weighted by atomic mass is 16.5. The average Bonchev–Trinajstić information content (AvgIpc) is 3.00. The van der Waals surface area contributed by atoms with Gasteiger partial charge in [-0.05, 0) is 42.9 Å². The largest absolute Gasteiger partial charge is 0.497 e. The van der Waals surface area contributed by atoms with Gasteiger partial charge in [-0.3, -0.25) is 19.2 Å². The summed E-state index contributed by atoms with van der Waals surface area (Å²) in [6.07, 6.45) is 8.16. The second kappa shape index (κ2) is 20.2. The summed E-state index contributed by atoms with van der Waals surface area (Å²) in [6, 6.07) is 4.36. The number of rotatable bonds is 21. The van der Waals surface area contributed by atoms with Crippen molar-refractivity contribution in [2.45, 2.75) is 110 Å². The molecule has 1 aromatic heterocycles. The van der Waals surface area contributed by atoms with Gasteiger partial charge in [0.2, 0.25) is 23.6 Å². The van der Waals surface area contributed by atoms with E-state index in [1.807, 2.05) is 0 Å². The van der Waals surface area contributed by atoms with Crippen LogP contribution in [0.3, 0.4) is 0 Å². The van der Waals surface area contributed by atoms with Crippen LogP contribution in [0.4, 0.5) is 0 Å². The number of hydrogen-bond acceptors (Lipinski definition) is 7. The van der Waals surface area contributed by atoms with E-state index in [1.54, 1.807) is 32.0 Å². The highest BCUT2D eigenvalue weighted by Gasteiger charge is 2.29. The highest BCUT2D eigenvalue weighted by Crippen LogP contribution is 2.23. The molecule has 0 saturated carbocycles. The highest BCUT2D eigenvalue weighted by molar-refractivity contribution is 5.94. The van der Waals surface area contributed by atoms with Crippen LogP contribution in [0.5, 0.6) is 5.75 Å². The third-order valence-electron chi connectivity index (χ3n) is 7.63. The number of ether oxygens (including phenoxy) is 1. The van der Waals surface area contributed by atoms with E-state index in [0.717, 1.165) is 51.4 Å². The van der Waals surface area contributed by atoms with Crippen molar-refractivity contribution in [1.82, 2.24) is 21.3 Å². The molecule has 1 heterocycles. The lowest BCUT2D eigenvalue weighted by atomic mass is 10.0. The van der Waals surface area contributed by atoms with Crippen LogP contribution >= 0.6 is 0 Å². The Balaban J connectivity index is 2.09. The Bertz CT molecular complexity index is 1310. The molecule has 0 aliphatic carbocycles. The summed E-state index contributed by atoms with van der Waals surface area (Å²) in [5.41, 5.74) is 0.131. The van der Waals surface area contributed by atoms with Crippen LogP contribution in [0, 0.1) is 5.92 Å². The topological polar surface area (TPSA) is 156 Å². The number of unbranched alkanes of at least 4 members (excludes halogenated alkanes) is 6. The Morgan fingerprint density at radius 3 is 2.11 bits per heavy atom. The van der Waals surface area contributed by atoms with Crippen LogP contribution < -0.4 is 31.6 Å². The predicted octanol–water partition coefficient (Wildman–Crippen LogP) is 4.14. The minimum atomic E-state index is -0.948. The maximum Gasteiger partial charge on any atom is 0.336 e. The van der Waals surface area contributed by atoms with E-state index in [9.17, 15) is 24.0 Å². The van der Waals surface area contributed by atoms with Crippen LogP contribution in [-0.4, -0.2) is 55.9 Å². The molecule has 0 spiro atoms. The summed E-state index contributed by atoms with van der Waals surface area (Å²) in [4.78, 5) is 64.4. The molecule has 1 aromatic carbocycles. The van der Waals surface area contributed by atoms with E-state index in [-0.39, 0.29) is 42.6 Å². The molecular formula is C34H52N4O7. The molecule has 11 heteroatoms. The summed E-state index contributed by atoms with van der Waals surface area (Å²) in [5, 5.41) is 11.9. The number of nitrogens with one attached hydrogen (secondary N) is 4. The Kier molecular flexibility index (Phi) is 16.7. The van der Waals surface area contributed by atoms with Crippen LogP contribution in [0.25, 0.3) is 11.0 Å². The fraction of sp³-hybridized carbons (Fsp3) is 0.618. The van der Waals surface area contributed by atoms with Gasteiger partial charge < -0.3 is 30.4 Å². The summed E-state index contributed by atoms with van der Waals surface area (Å²) in [5.74, 6) is -1.32. The molecule has 0 bridgehead atoms. The lowest BCUT2D eigenvalue weighted by Crippen LogP contribution is -2.55. The molecule has 0 saturated heterocycles. The van der Waals surface area contributed by atoms with Gasteiger partial charge in [0.05, 0.1) is 13.5 Å². The molecule has 2 atom stereocenters. The maximum absolute atomic E-state index is 13.5. The zero-order chi connectivity index (χ0) is 33.2. The summed E-state index contributed by atoms with van der Waals surface area (Å²) in [6.45, 7) is 8.87. The van der Waals surface area contributed by atoms with Gasteiger partial charge in [-0.1, -0.05) is 66.2 Å². The third-order valence-corrected chi connectivity index (χ3v) is 7.63. The first-order chi connectivity index (χ1) is 21.6. The van der Waals surface area contributed by atoms with Crippen molar-refractivity contribution in [3.05, 3.63) is 40.2 Å². The van der Waals surface area contributed by atoms with Crippen molar-refractivity contribution in [1.29, 1.82) is 0 Å². The molecule has 0 radical (unpaired) electrons. The van der Waals surface area contributed by atoms with Crippen LogP contribution in [-0.2, 0) is 25.6 Å². The Morgan fingerprint density at radius 2 is 1.49 bits per heavy atom. The normalized spacial score (nSPS) is 12.4. The van der Waals surface area contributed by atoms with E-state index < -0.39 is 29.5 Å². The van der Waals surface area contributed by atoms with E-state index in [1.165, 1.54) is 13.2 Å². The second-order valence-electron chi connectivity index (χ2n) is 11.8. The molecule has 4 amide bonds. The van der Waals surface area contributed by atoms with Crippen molar-refractivity contribution in [3.8, 4) is 5.75 Å². The molecule has 11 nitrogen and oxygen atoms in total. The minimum Gasteiger partial charge on any atom is -0.497 e. The summed E-state index contributed by atoms with van der Waals surface area (Å²) >= 11 is 0. The van der Waals surface area contributed by atoms with Gasteiger partial charge in [-0.15, -0.1) is 0 Å². The molecule has 2 rings (SSSR count). The van der Waals surface area contributed by atoms with Gasteiger partial charge in [0.15, 0.2) is 0 Å². The molecule has 2 aromatic rings. The van der Waals surface area contributed by atoms with E-state index in [0.29, 0.717) is 29.8 Å². The number of amides is 4. The van der Waals surface area contributed by atoms with Crippen molar-refractivity contribution in [2.75, 3.05) is 20.2 Å². The standard InChI is InChI=1S/C34H52N4O7/c1-6-8-10-12-18-35-29(39)17-16-27(33(42)36-19-13-11-9-7-2)37-34(43)32(23(3)4)38-30(40)20-24-21-31(41)45-28-22-25(44-5)14-15-26(24)28/h14-15,21-23,27,32H,6-13,16-20H2,1-5H3,(H,35,39)(H,36,42)(H,37,43)(H,38,40)/t27-,32-/m0/s1. The first kappa shape index (κ1) is 37.3. The molecular weight excluding hydrogens is 576 g/mol. The Hall–Kier alpha value is -3.89. The predicted molar refractivity (Wildman–Crippen MR) is 175 cm³/mol. The van der Waals surface area contributed by atoms with Crippen molar-refractivity contribution in [3.63, 3.8) is 0 Å². The van der Waals surface area contributed by atoms with Gasteiger partial charge in [0.25, 0.3) is 0 Å². The van der Waals surface area contributed by atoms with E-state index in [4.69, 9.17) is 9.15 Å². The quantitative estimate of drug-likeness (QED) is 0.120.